The van der Waals surface area contributed by atoms with Gasteiger partial charge in [-0.25, -0.2) is 9.18 Å². The largest absolute Gasteiger partial charge is 0.493 e. The van der Waals surface area contributed by atoms with Crippen molar-refractivity contribution in [3.8, 4) is 11.5 Å². The van der Waals surface area contributed by atoms with E-state index in [0.29, 0.717) is 18.1 Å². The Labute approximate surface area is 174 Å². The number of ketones is 1. The molecule has 160 valence electrons. The third-order valence-electron chi connectivity index (χ3n) is 4.08. The number of unbranched alkanes of at least 4 members (excludes halogenated alkanes) is 1. The van der Waals surface area contributed by atoms with Crippen LogP contribution in [0.5, 0.6) is 11.5 Å². The van der Waals surface area contributed by atoms with Crippen molar-refractivity contribution in [3.63, 3.8) is 0 Å². The van der Waals surface area contributed by atoms with E-state index in [1.165, 1.54) is 38.3 Å². The molecule has 2 aromatic carbocycles. The van der Waals surface area contributed by atoms with Crippen LogP contribution in [-0.2, 0) is 9.53 Å². The highest BCUT2D eigenvalue weighted by atomic mass is 19.1. The first-order valence-corrected chi connectivity index (χ1v) is 9.44. The van der Waals surface area contributed by atoms with E-state index < -0.39 is 24.2 Å². The average molecular weight is 417 g/mol. The van der Waals surface area contributed by atoms with Crippen LogP contribution >= 0.6 is 0 Å². The van der Waals surface area contributed by atoms with E-state index in [9.17, 15) is 18.8 Å². The number of nitrogens with one attached hydrogen (secondary N) is 1. The van der Waals surface area contributed by atoms with E-state index in [1.54, 1.807) is 6.07 Å². The van der Waals surface area contributed by atoms with E-state index in [4.69, 9.17) is 14.2 Å². The second kappa shape index (κ2) is 10.9. The molecule has 0 aromatic heterocycles. The van der Waals surface area contributed by atoms with Crippen LogP contribution in [0.15, 0.2) is 36.4 Å². The molecule has 0 aliphatic carbocycles. The minimum absolute atomic E-state index is 0.170. The highest BCUT2D eigenvalue weighted by molar-refractivity contribution is 6.00. The molecule has 0 spiro atoms. The first kappa shape index (κ1) is 22.9. The molecule has 1 N–H and O–H groups in total. The van der Waals surface area contributed by atoms with Gasteiger partial charge in [-0.15, -0.1) is 0 Å². The van der Waals surface area contributed by atoms with E-state index in [0.717, 1.165) is 18.9 Å². The van der Waals surface area contributed by atoms with Crippen molar-refractivity contribution in [2.45, 2.75) is 26.7 Å². The number of carbonyl (C=O) groups is 3. The summed E-state index contributed by atoms with van der Waals surface area (Å²) in [6.07, 6.45) is 1.87. The summed E-state index contributed by atoms with van der Waals surface area (Å²) in [7, 11) is 1.45. The fraction of sp³-hybridized carbons (Fsp3) is 0.318. The van der Waals surface area contributed by atoms with Gasteiger partial charge in [0, 0.05) is 12.6 Å². The summed E-state index contributed by atoms with van der Waals surface area (Å²) in [5, 5.41) is 2.42. The lowest BCUT2D eigenvalue weighted by molar-refractivity contribution is -0.114. The monoisotopic (exact) mass is 417 g/mol. The summed E-state index contributed by atoms with van der Waals surface area (Å²) < 4.78 is 30.0. The number of halogens is 1. The van der Waals surface area contributed by atoms with Crippen LogP contribution in [0.25, 0.3) is 0 Å². The number of ether oxygens (including phenoxy) is 3. The van der Waals surface area contributed by atoms with Gasteiger partial charge in [0.1, 0.15) is 5.82 Å². The van der Waals surface area contributed by atoms with Gasteiger partial charge in [0.25, 0.3) is 0 Å². The molecule has 8 heteroatoms. The van der Waals surface area contributed by atoms with Crippen LogP contribution in [0.1, 0.15) is 47.4 Å². The van der Waals surface area contributed by atoms with Gasteiger partial charge in [-0.3, -0.25) is 9.59 Å². The second-order valence-corrected chi connectivity index (χ2v) is 6.44. The summed E-state index contributed by atoms with van der Waals surface area (Å²) >= 11 is 0. The molecule has 2 aromatic rings. The molecular weight excluding hydrogens is 393 g/mol. The summed E-state index contributed by atoms with van der Waals surface area (Å²) in [5.41, 5.74) is 0.153. The Kier molecular flexibility index (Phi) is 8.34. The highest BCUT2D eigenvalue weighted by Crippen LogP contribution is 2.28. The maximum absolute atomic E-state index is 14.1. The third kappa shape index (κ3) is 6.30. The molecule has 0 atom stereocenters. The number of carbonyl (C=O) groups excluding carboxylic acids is 3. The Bertz CT molecular complexity index is 928. The lowest BCUT2D eigenvalue weighted by Gasteiger charge is -2.12. The fourth-order valence-electron chi connectivity index (χ4n) is 2.55. The molecule has 2 rings (SSSR count). The Hall–Kier alpha value is -3.42. The van der Waals surface area contributed by atoms with Gasteiger partial charge >= 0.3 is 5.97 Å². The van der Waals surface area contributed by atoms with Crippen molar-refractivity contribution in [2.24, 2.45) is 0 Å². The summed E-state index contributed by atoms with van der Waals surface area (Å²) in [4.78, 5) is 35.5. The second-order valence-electron chi connectivity index (χ2n) is 6.44. The molecular formula is C22H24FNO6. The summed E-state index contributed by atoms with van der Waals surface area (Å²) in [6, 6.07) is 8.19. The number of benzene rings is 2. The molecule has 0 aliphatic rings. The van der Waals surface area contributed by atoms with E-state index in [-0.39, 0.29) is 22.7 Å². The average Bonchev–Trinajstić information content (AvgIpc) is 2.71. The van der Waals surface area contributed by atoms with Gasteiger partial charge in [0.05, 0.1) is 24.8 Å². The molecule has 0 bridgehead atoms. The van der Waals surface area contributed by atoms with Crippen molar-refractivity contribution < 1.29 is 33.0 Å². The molecule has 0 radical (unpaired) electrons. The predicted molar refractivity (Wildman–Crippen MR) is 109 cm³/mol. The van der Waals surface area contributed by atoms with Crippen LogP contribution in [-0.4, -0.2) is 38.0 Å². The Balaban J connectivity index is 2.01. The maximum Gasteiger partial charge on any atom is 0.338 e. The topological polar surface area (TPSA) is 90.9 Å². The van der Waals surface area contributed by atoms with E-state index in [1.807, 2.05) is 6.92 Å². The fourth-order valence-corrected chi connectivity index (χ4v) is 2.55. The van der Waals surface area contributed by atoms with Gasteiger partial charge in [0.2, 0.25) is 11.7 Å². The number of hydrogen-bond donors (Lipinski definition) is 1. The zero-order valence-corrected chi connectivity index (χ0v) is 17.1. The van der Waals surface area contributed by atoms with Crippen LogP contribution in [0.2, 0.25) is 0 Å². The van der Waals surface area contributed by atoms with Crippen LogP contribution < -0.4 is 14.8 Å². The van der Waals surface area contributed by atoms with Gasteiger partial charge < -0.3 is 19.5 Å². The van der Waals surface area contributed by atoms with E-state index >= 15 is 0 Å². The van der Waals surface area contributed by atoms with Crippen molar-refractivity contribution >= 4 is 23.3 Å². The van der Waals surface area contributed by atoms with Crippen LogP contribution in [0.3, 0.4) is 0 Å². The van der Waals surface area contributed by atoms with Crippen molar-refractivity contribution in [3.05, 3.63) is 53.3 Å². The summed E-state index contributed by atoms with van der Waals surface area (Å²) in [6.45, 7) is 3.23. The molecule has 0 aliphatic heterocycles. The molecule has 1 amide bonds. The van der Waals surface area contributed by atoms with Gasteiger partial charge in [-0.2, -0.15) is 0 Å². The number of amides is 1. The normalized spacial score (nSPS) is 10.3. The maximum atomic E-state index is 14.1. The van der Waals surface area contributed by atoms with Crippen molar-refractivity contribution in [2.75, 3.05) is 25.6 Å². The SMILES string of the molecule is CCCCOc1ccc(C(=O)OCC(=O)c2ccc(NC(C)=O)cc2F)cc1OC. The molecule has 0 heterocycles. The summed E-state index contributed by atoms with van der Waals surface area (Å²) in [5.74, 6) is -1.78. The Morgan fingerprint density at radius 3 is 2.47 bits per heavy atom. The van der Waals surface area contributed by atoms with Crippen molar-refractivity contribution in [1.29, 1.82) is 0 Å². The zero-order valence-electron chi connectivity index (χ0n) is 17.1. The molecule has 7 nitrogen and oxygen atoms in total. The first-order chi connectivity index (χ1) is 14.3. The number of anilines is 1. The van der Waals surface area contributed by atoms with Crippen LogP contribution in [0, 0.1) is 5.82 Å². The lowest BCUT2D eigenvalue weighted by Crippen LogP contribution is -2.16. The molecule has 30 heavy (non-hydrogen) atoms. The molecule has 0 fully saturated rings. The molecule has 0 saturated heterocycles. The highest BCUT2D eigenvalue weighted by Gasteiger charge is 2.17. The Morgan fingerprint density at radius 1 is 1.07 bits per heavy atom. The Morgan fingerprint density at radius 2 is 1.83 bits per heavy atom. The van der Waals surface area contributed by atoms with Gasteiger partial charge in [-0.05, 0) is 42.8 Å². The predicted octanol–water partition coefficient (Wildman–Crippen LogP) is 4.01. The quantitative estimate of drug-likeness (QED) is 0.357. The number of Topliss-reactive ketones (excluding diaryl/α,β-unsaturated/α-hetero) is 1. The minimum atomic E-state index is -0.822. The lowest BCUT2D eigenvalue weighted by atomic mass is 10.1. The van der Waals surface area contributed by atoms with Gasteiger partial charge in [0.15, 0.2) is 18.1 Å². The zero-order chi connectivity index (χ0) is 22.1. The first-order valence-electron chi connectivity index (χ1n) is 9.44. The molecule has 0 unspecified atom stereocenters. The van der Waals surface area contributed by atoms with Crippen molar-refractivity contribution in [1.82, 2.24) is 0 Å². The number of methoxy groups -OCH3 is 1. The molecule has 0 saturated carbocycles. The number of rotatable bonds is 10. The van der Waals surface area contributed by atoms with E-state index in [2.05, 4.69) is 5.32 Å². The van der Waals surface area contributed by atoms with Gasteiger partial charge in [-0.1, -0.05) is 13.3 Å². The van der Waals surface area contributed by atoms with Crippen LogP contribution in [0.4, 0.5) is 10.1 Å². The number of esters is 1. The third-order valence-corrected chi connectivity index (χ3v) is 4.08. The number of hydrogen-bond acceptors (Lipinski definition) is 6. The smallest absolute Gasteiger partial charge is 0.338 e. The minimum Gasteiger partial charge on any atom is -0.493 e. The standard InChI is InChI=1S/C22H24FNO6/c1-4-5-10-29-20-9-6-15(11-21(20)28-3)22(27)30-13-19(26)17-8-7-16(12-18(17)23)24-14(2)25/h6-9,11-12H,4-5,10,13H2,1-3H3,(H,24,25).